The van der Waals surface area contributed by atoms with E-state index in [4.69, 9.17) is 11.6 Å². The molecule has 2 rings (SSSR count). The highest BCUT2D eigenvalue weighted by Gasteiger charge is 2.16. The van der Waals surface area contributed by atoms with Crippen LogP contribution in [0.4, 0.5) is 5.82 Å². The van der Waals surface area contributed by atoms with Crippen molar-refractivity contribution in [3.05, 3.63) is 16.5 Å². The highest BCUT2D eigenvalue weighted by atomic mass is 35.5. The number of rotatable bonds is 2. The van der Waals surface area contributed by atoms with Gasteiger partial charge in [-0.25, -0.2) is 9.97 Å². The maximum Gasteiger partial charge on any atom is 0.171 e. The van der Waals surface area contributed by atoms with E-state index >= 15 is 0 Å². The van der Waals surface area contributed by atoms with Crippen molar-refractivity contribution >= 4 is 29.2 Å². The Morgan fingerprint density at radius 3 is 2.75 bits per heavy atom. The molecule has 1 aliphatic heterocycles. The molecule has 1 N–H and O–H groups in total. The van der Waals surface area contributed by atoms with E-state index in [1.54, 1.807) is 0 Å². The van der Waals surface area contributed by atoms with E-state index in [0.29, 0.717) is 11.2 Å². The van der Waals surface area contributed by atoms with Gasteiger partial charge in [-0.3, -0.25) is 0 Å². The lowest BCUT2D eigenvalue weighted by atomic mass is 10.2. The summed E-state index contributed by atoms with van der Waals surface area (Å²) in [6, 6.07) is 0.479. The van der Waals surface area contributed by atoms with Crippen LogP contribution in [0.15, 0.2) is 0 Å². The van der Waals surface area contributed by atoms with Crippen molar-refractivity contribution in [1.29, 1.82) is 0 Å². The van der Waals surface area contributed by atoms with Gasteiger partial charge in [-0.15, -0.1) is 0 Å². The van der Waals surface area contributed by atoms with E-state index in [9.17, 15) is 0 Å². The molecule has 0 radical (unpaired) electrons. The number of nitrogens with zero attached hydrogens (tertiary/aromatic N) is 2. The summed E-state index contributed by atoms with van der Waals surface area (Å²) in [5.74, 6) is 3.13. The van der Waals surface area contributed by atoms with Crippen molar-refractivity contribution < 1.29 is 0 Å². The Hall–Kier alpha value is -0.480. The van der Waals surface area contributed by atoms with Gasteiger partial charge < -0.3 is 5.32 Å². The lowest BCUT2D eigenvalue weighted by molar-refractivity contribution is 0.681. The third kappa shape index (κ3) is 2.80. The van der Waals surface area contributed by atoms with Gasteiger partial charge in [-0.2, -0.15) is 11.8 Å². The molecule has 5 heteroatoms. The molecule has 1 aliphatic rings. The van der Waals surface area contributed by atoms with Gasteiger partial charge in [0.15, 0.2) is 11.0 Å². The molecule has 1 fully saturated rings. The Bertz CT molecular complexity index is 378. The van der Waals surface area contributed by atoms with Crippen LogP contribution < -0.4 is 5.32 Å². The molecule has 1 atom stereocenters. The van der Waals surface area contributed by atoms with E-state index in [1.807, 2.05) is 25.6 Å². The minimum atomic E-state index is 0.479. The van der Waals surface area contributed by atoms with Crippen LogP contribution >= 0.6 is 23.4 Å². The van der Waals surface area contributed by atoms with Crippen LogP contribution in [0.2, 0.25) is 5.15 Å². The molecule has 0 bridgehead atoms. The topological polar surface area (TPSA) is 37.8 Å². The highest BCUT2D eigenvalue weighted by Crippen LogP contribution is 2.24. The Balaban J connectivity index is 2.11. The van der Waals surface area contributed by atoms with Crippen molar-refractivity contribution in [2.24, 2.45) is 0 Å². The van der Waals surface area contributed by atoms with Crippen LogP contribution in [0, 0.1) is 13.8 Å². The molecule has 0 spiro atoms. The number of thioether (sulfide) groups is 1. The molecule has 0 aromatic carbocycles. The number of nitrogens with one attached hydrogen (secondary N) is 1. The van der Waals surface area contributed by atoms with Gasteiger partial charge in [0.2, 0.25) is 0 Å². The number of hydrogen-bond acceptors (Lipinski definition) is 4. The molecule has 0 saturated carbocycles. The number of hydrogen-bond donors (Lipinski definition) is 1. The van der Waals surface area contributed by atoms with E-state index in [1.165, 1.54) is 18.6 Å². The molecule has 1 unspecified atom stereocenters. The Morgan fingerprint density at radius 1 is 1.31 bits per heavy atom. The van der Waals surface area contributed by atoms with Crippen LogP contribution in [-0.4, -0.2) is 27.5 Å². The molecule has 0 aliphatic carbocycles. The summed E-state index contributed by atoms with van der Waals surface area (Å²) < 4.78 is 0. The standard InChI is InChI=1S/C11H16ClN3S/c1-7-8(2)14-11(10(12)13-7)15-9-4-3-5-16-6-9/h9H,3-6H2,1-2H3,(H,14,15). The Kier molecular flexibility index (Phi) is 3.92. The number of halogens is 1. The summed E-state index contributed by atoms with van der Waals surface area (Å²) in [5, 5.41) is 3.88. The second-order valence-corrected chi connectivity index (χ2v) is 5.60. The summed E-state index contributed by atoms with van der Waals surface area (Å²) in [6.07, 6.45) is 2.45. The van der Waals surface area contributed by atoms with E-state index < -0.39 is 0 Å². The number of aromatic nitrogens is 2. The maximum absolute atomic E-state index is 6.08. The van der Waals surface area contributed by atoms with Crippen molar-refractivity contribution in [3.8, 4) is 0 Å². The smallest absolute Gasteiger partial charge is 0.171 e. The average Bonchev–Trinajstić information content (AvgIpc) is 2.27. The van der Waals surface area contributed by atoms with Crippen LogP contribution in [0.3, 0.4) is 0 Å². The first kappa shape index (κ1) is 12.0. The summed E-state index contributed by atoms with van der Waals surface area (Å²) in [7, 11) is 0. The van der Waals surface area contributed by atoms with Gasteiger partial charge in [0.25, 0.3) is 0 Å². The number of anilines is 1. The lowest BCUT2D eigenvalue weighted by Gasteiger charge is -2.23. The zero-order valence-corrected chi connectivity index (χ0v) is 11.2. The van der Waals surface area contributed by atoms with Crippen molar-refractivity contribution in [2.75, 3.05) is 16.8 Å². The predicted molar refractivity (Wildman–Crippen MR) is 70.5 cm³/mol. The number of aryl methyl sites for hydroxylation is 2. The Labute approximate surface area is 105 Å². The third-order valence-electron chi connectivity index (χ3n) is 2.77. The normalized spacial score (nSPS) is 20.8. The van der Waals surface area contributed by atoms with Gasteiger partial charge in [-0.1, -0.05) is 11.6 Å². The zero-order valence-electron chi connectivity index (χ0n) is 9.59. The van der Waals surface area contributed by atoms with Crippen molar-refractivity contribution in [3.63, 3.8) is 0 Å². The molecule has 1 saturated heterocycles. The molecule has 1 aromatic rings. The molecular weight excluding hydrogens is 242 g/mol. The minimum Gasteiger partial charge on any atom is -0.364 e. The molecule has 3 nitrogen and oxygen atoms in total. The first-order chi connectivity index (χ1) is 7.66. The van der Waals surface area contributed by atoms with E-state index in [-0.39, 0.29) is 0 Å². The van der Waals surface area contributed by atoms with Crippen LogP contribution in [0.5, 0.6) is 0 Å². The largest absolute Gasteiger partial charge is 0.364 e. The molecule has 16 heavy (non-hydrogen) atoms. The first-order valence-corrected chi connectivity index (χ1v) is 7.05. The lowest BCUT2D eigenvalue weighted by Crippen LogP contribution is -2.26. The quantitative estimate of drug-likeness (QED) is 0.884. The maximum atomic E-state index is 6.08. The summed E-state index contributed by atoms with van der Waals surface area (Å²) in [6.45, 7) is 3.88. The van der Waals surface area contributed by atoms with Crippen molar-refractivity contribution in [1.82, 2.24) is 9.97 Å². The molecule has 1 aromatic heterocycles. The van der Waals surface area contributed by atoms with Crippen LogP contribution in [0.1, 0.15) is 24.2 Å². The molecular formula is C11H16ClN3S. The molecule has 0 amide bonds. The average molecular weight is 258 g/mol. The first-order valence-electron chi connectivity index (χ1n) is 5.52. The van der Waals surface area contributed by atoms with Gasteiger partial charge in [0.05, 0.1) is 11.4 Å². The Morgan fingerprint density at radius 2 is 2.06 bits per heavy atom. The van der Waals surface area contributed by atoms with Gasteiger partial charge in [-0.05, 0) is 32.4 Å². The van der Waals surface area contributed by atoms with Crippen molar-refractivity contribution in [2.45, 2.75) is 32.7 Å². The van der Waals surface area contributed by atoms with E-state index in [2.05, 4.69) is 15.3 Å². The fraction of sp³-hybridized carbons (Fsp3) is 0.636. The van der Waals surface area contributed by atoms with Gasteiger partial charge in [0, 0.05) is 11.8 Å². The van der Waals surface area contributed by atoms with E-state index in [0.717, 1.165) is 23.0 Å². The van der Waals surface area contributed by atoms with Gasteiger partial charge in [0.1, 0.15) is 0 Å². The molecule has 88 valence electrons. The second-order valence-electron chi connectivity index (χ2n) is 4.09. The minimum absolute atomic E-state index is 0.479. The zero-order chi connectivity index (χ0) is 11.5. The highest BCUT2D eigenvalue weighted by molar-refractivity contribution is 7.99. The fourth-order valence-corrected chi connectivity index (χ4v) is 3.01. The van der Waals surface area contributed by atoms with Crippen LogP contribution in [-0.2, 0) is 0 Å². The molecule has 2 heterocycles. The fourth-order valence-electron chi connectivity index (χ4n) is 1.72. The van der Waals surface area contributed by atoms with Gasteiger partial charge >= 0.3 is 0 Å². The second kappa shape index (κ2) is 5.23. The SMILES string of the molecule is Cc1nc(Cl)c(NC2CCCSC2)nc1C. The van der Waals surface area contributed by atoms with Crippen LogP contribution in [0.25, 0.3) is 0 Å². The third-order valence-corrected chi connectivity index (χ3v) is 4.24. The monoisotopic (exact) mass is 257 g/mol. The summed E-state index contributed by atoms with van der Waals surface area (Å²) in [5.41, 5.74) is 1.84. The summed E-state index contributed by atoms with van der Waals surface area (Å²) in [4.78, 5) is 8.72. The summed E-state index contributed by atoms with van der Waals surface area (Å²) >= 11 is 8.06. The predicted octanol–water partition coefficient (Wildman–Crippen LogP) is 3.05.